The van der Waals surface area contributed by atoms with Crippen LogP contribution in [0.4, 0.5) is 34.1 Å². The molecule has 59 heavy (non-hydrogen) atoms. The first-order chi connectivity index (χ1) is 28.4. The van der Waals surface area contributed by atoms with Crippen molar-refractivity contribution in [1.82, 2.24) is 4.31 Å². The van der Waals surface area contributed by atoms with E-state index in [9.17, 15) is 18.0 Å². The van der Waals surface area contributed by atoms with E-state index in [4.69, 9.17) is 19.7 Å². The van der Waals surface area contributed by atoms with E-state index in [1.807, 2.05) is 42.5 Å². The van der Waals surface area contributed by atoms with Crippen LogP contribution in [0.2, 0.25) is 0 Å². The fraction of sp³-hybridized carbons (Fsp3) is 0.289. The van der Waals surface area contributed by atoms with Crippen LogP contribution in [0.1, 0.15) is 39.5 Å². The normalized spacial score (nSPS) is 15.4. The summed E-state index contributed by atoms with van der Waals surface area (Å²) in [7, 11) is 0.279. The quantitative estimate of drug-likeness (QED) is 0.0368. The molecule has 0 saturated heterocycles. The minimum atomic E-state index is -4.08. The zero-order valence-corrected chi connectivity index (χ0v) is 34.7. The molecule has 13 nitrogen and oxygen atoms in total. The summed E-state index contributed by atoms with van der Waals surface area (Å²) in [5.41, 5.74) is 4.67. The van der Waals surface area contributed by atoms with Crippen molar-refractivity contribution in [2.45, 2.75) is 50.1 Å². The Labute approximate surface area is 345 Å². The van der Waals surface area contributed by atoms with Gasteiger partial charge >= 0.3 is 11.9 Å². The summed E-state index contributed by atoms with van der Waals surface area (Å²) in [6.07, 6.45) is 6.57. The number of nitrogens with zero attached hydrogens (tertiary/aromatic N) is 7. The van der Waals surface area contributed by atoms with Crippen LogP contribution >= 0.6 is 0 Å². The molecule has 5 aromatic rings. The second-order valence-electron chi connectivity index (χ2n) is 14.3. The Morgan fingerprint density at radius 3 is 1.76 bits per heavy atom. The molecule has 0 amide bonds. The second kappa shape index (κ2) is 18.6. The topological polar surface area (TPSA) is 146 Å². The minimum Gasteiger partial charge on any atom is -0.461 e. The van der Waals surface area contributed by atoms with Crippen LogP contribution in [0.15, 0.2) is 142 Å². The molecule has 0 aromatic heterocycles. The number of esters is 2. The summed E-state index contributed by atoms with van der Waals surface area (Å²) in [5.74, 6) is -1.37. The van der Waals surface area contributed by atoms with Crippen LogP contribution in [0.25, 0.3) is 21.5 Å². The van der Waals surface area contributed by atoms with E-state index in [1.54, 1.807) is 0 Å². The number of sulfonamides is 1. The number of rotatable bonds is 18. The second-order valence-corrected chi connectivity index (χ2v) is 16.2. The summed E-state index contributed by atoms with van der Waals surface area (Å²) >= 11 is 0. The fourth-order valence-corrected chi connectivity index (χ4v) is 8.66. The third kappa shape index (κ3) is 9.08. The van der Waals surface area contributed by atoms with E-state index in [1.165, 1.54) is 48.5 Å². The molecule has 14 heteroatoms. The van der Waals surface area contributed by atoms with Gasteiger partial charge in [0.2, 0.25) is 10.0 Å². The summed E-state index contributed by atoms with van der Waals surface area (Å²) < 4.78 is 38.2. The molecule has 1 aliphatic rings. The molecular formula is C45H49N7O6S. The highest BCUT2D eigenvalue weighted by Crippen LogP contribution is 2.48. The Morgan fingerprint density at radius 2 is 1.20 bits per heavy atom. The molecule has 0 radical (unpaired) electrons. The fourth-order valence-electron chi connectivity index (χ4n) is 7.25. The van der Waals surface area contributed by atoms with Gasteiger partial charge in [-0.2, -0.15) is 9.42 Å². The van der Waals surface area contributed by atoms with Gasteiger partial charge in [-0.3, -0.25) is 0 Å². The van der Waals surface area contributed by atoms with Gasteiger partial charge in [0.15, 0.2) is 0 Å². The van der Waals surface area contributed by atoms with Crippen molar-refractivity contribution >= 4 is 77.6 Å². The van der Waals surface area contributed by atoms with E-state index < -0.39 is 22.0 Å². The summed E-state index contributed by atoms with van der Waals surface area (Å²) in [5, 5.41) is 22.3. The number of anilines is 2. The molecule has 0 bridgehead atoms. The lowest BCUT2D eigenvalue weighted by Crippen LogP contribution is -2.58. The van der Waals surface area contributed by atoms with Crippen molar-refractivity contribution in [3.63, 3.8) is 0 Å². The number of azo groups is 2. The number of hydrogen-bond acceptors (Lipinski definition) is 12. The van der Waals surface area contributed by atoms with Gasteiger partial charge in [0, 0.05) is 72.3 Å². The predicted octanol–water partition coefficient (Wildman–Crippen LogP) is 10.5. The predicted molar refractivity (Wildman–Crippen MR) is 233 cm³/mol. The van der Waals surface area contributed by atoms with Crippen molar-refractivity contribution in [2.24, 2.45) is 20.5 Å². The Hall–Kier alpha value is -6.25. The van der Waals surface area contributed by atoms with Gasteiger partial charge in [-0.25, -0.2) is 18.0 Å². The molecule has 6 rings (SSSR count). The number of carbonyl (C=O) groups is 2. The van der Waals surface area contributed by atoms with Crippen LogP contribution in [0, 0.1) is 0 Å². The van der Waals surface area contributed by atoms with E-state index in [-0.39, 0.29) is 36.9 Å². The average molecular weight is 816 g/mol. The first-order valence-electron chi connectivity index (χ1n) is 19.5. The average Bonchev–Trinajstić information content (AvgIpc) is 3.25. The van der Waals surface area contributed by atoms with Crippen molar-refractivity contribution in [3.05, 3.63) is 116 Å². The Balaban J connectivity index is 1.22. The Kier molecular flexibility index (Phi) is 13.3. The molecule has 1 heterocycles. The van der Waals surface area contributed by atoms with E-state index >= 15 is 0 Å². The number of benzene rings is 5. The highest BCUT2D eigenvalue weighted by Gasteiger charge is 2.39. The van der Waals surface area contributed by atoms with E-state index in [0.717, 1.165) is 56.5 Å². The number of unbranched alkanes of at least 4 members (excludes halogenated alkanes) is 2. The first-order valence-corrected chi connectivity index (χ1v) is 20.9. The van der Waals surface area contributed by atoms with E-state index in [2.05, 4.69) is 85.4 Å². The molecule has 1 aliphatic heterocycles. The molecule has 1 unspecified atom stereocenters. The van der Waals surface area contributed by atoms with Crippen LogP contribution in [0.3, 0.4) is 0 Å². The van der Waals surface area contributed by atoms with E-state index in [0.29, 0.717) is 17.1 Å². The summed E-state index contributed by atoms with van der Waals surface area (Å²) in [6, 6.07) is 27.9. The third-order valence-electron chi connectivity index (χ3n) is 10.8. The van der Waals surface area contributed by atoms with Crippen molar-refractivity contribution in [3.8, 4) is 0 Å². The molecule has 5 aromatic carbocycles. The van der Waals surface area contributed by atoms with Gasteiger partial charge in [-0.15, -0.1) is 15.3 Å². The Morgan fingerprint density at radius 1 is 0.695 bits per heavy atom. The number of ether oxygens (including phenoxy) is 2. The van der Waals surface area contributed by atoms with Gasteiger partial charge in [-0.05, 0) is 74.4 Å². The van der Waals surface area contributed by atoms with Gasteiger partial charge in [0.05, 0.1) is 27.6 Å². The number of fused-ring (bicyclic) bond motifs is 1. The van der Waals surface area contributed by atoms with Crippen LogP contribution in [-0.4, -0.2) is 70.7 Å². The molecule has 0 N–H and O–H groups in total. The standard InChI is InChI=1S/C45H49N7O6S/c1-7-10-13-27-45(4)50(5)40-18-14-17-36-39(25-26-41(44(36)40)51(45)6)49-48-38-24-23-37(34-15-11-12-16-35(34)38)47-46-32-19-21-33(22-20-32)59(55,56)52(28-30-57-42(53)8-2)29-31-58-43(54)9-3/h8-9,11-12,14-26H,2-3,7,10,13,27-31H2,1,4-6H3. The molecule has 1 atom stereocenters. The van der Waals surface area contributed by atoms with Crippen molar-refractivity contribution < 1.29 is 27.5 Å². The third-order valence-corrected chi connectivity index (χ3v) is 12.7. The summed E-state index contributed by atoms with van der Waals surface area (Å²) in [4.78, 5) is 27.8. The van der Waals surface area contributed by atoms with Crippen molar-refractivity contribution in [1.29, 1.82) is 0 Å². The Bertz CT molecular complexity index is 2500. The van der Waals surface area contributed by atoms with Crippen LogP contribution < -0.4 is 9.80 Å². The first kappa shape index (κ1) is 42.4. The monoisotopic (exact) mass is 815 g/mol. The van der Waals surface area contributed by atoms with Gasteiger partial charge in [0.1, 0.15) is 18.9 Å². The lowest BCUT2D eigenvalue weighted by molar-refractivity contribution is -0.137. The van der Waals surface area contributed by atoms with Gasteiger partial charge in [0.25, 0.3) is 0 Å². The maximum Gasteiger partial charge on any atom is 0.330 e. The lowest BCUT2D eigenvalue weighted by atomic mass is 9.92. The molecule has 306 valence electrons. The highest BCUT2D eigenvalue weighted by molar-refractivity contribution is 7.89. The molecule has 0 spiro atoms. The van der Waals surface area contributed by atoms with Crippen molar-refractivity contribution in [2.75, 3.05) is 50.2 Å². The molecular weight excluding hydrogens is 767 g/mol. The zero-order valence-electron chi connectivity index (χ0n) is 33.9. The number of hydrogen-bond donors (Lipinski definition) is 0. The minimum absolute atomic E-state index is 0.0301. The zero-order chi connectivity index (χ0) is 42.2. The van der Waals surface area contributed by atoms with Crippen LogP contribution in [0.5, 0.6) is 0 Å². The smallest absolute Gasteiger partial charge is 0.330 e. The molecule has 0 saturated carbocycles. The molecule has 0 fully saturated rings. The van der Waals surface area contributed by atoms with Gasteiger partial charge in [-0.1, -0.05) is 69.3 Å². The highest BCUT2D eigenvalue weighted by atomic mass is 32.2. The number of carbonyl (C=O) groups excluding carboxylic acids is 2. The largest absolute Gasteiger partial charge is 0.461 e. The summed E-state index contributed by atoms with van der Waals surface area (Å²) in [6.45, 7) is 10.4. The SMILES string of the molecule is C=CC(=O)OCCN(CCOC(=O)C=C)S(=O)(=O)c1ccc(N=Nc2ccc(N=Nc3ccc4c5c(cccc35)N(C)C(C)(CCCCC)N4C)c3ccccc23)cc1. The molecule has 0 aliphatic carbocycles. The van der Waals surface area contributed by atoms with Crippen LogP contribution in [-0.2, 0) is 29.1 Å². The maximum absolute atomic E-state index is 13.6. The lowest BCUT2D eigenvalue weighted by Gasteiger charge is -2.52. The van der Waals surface area contributed by atoms with Gasteiger partial charge < -0.3 is 19.3 Å². The maximum atomic E-state index is 13.6.